The highest BCUT2D eigenvalue weighted by Gasteiger charge is 2.28. The molecule has 0 saturated heterocycles. The largest absolute Gasteiger partial charge is 0.478 e. The Morgan fingerprint density at radius 3 is 2.50 bits per heavy atom. The number of carboxylic acid groups (broad SMARTS) is 1. The molecule has 1 aromatic carbocycles. The van der Waals surface area contributed by atoms with Crippen molar-refractivity contribution in [3.8, 4) is 11.3 Å². The highest BCUT2D eigenvalue weighted by atomic mass is 16.6. The highest BCUT2D eigenvalue weighted by molar-refractivity contribution is 5.95. The zero-order valence-electron chi connectivity index (χ0n) is 15.2. The van der Waals surface area contributed by atoms with E-state index in [1.165, 1.54) is 0 Å². The number of pyridine rings is 1. The van der Waals surface area contributed by atoms with Gasteiger partial charge in [-0.1, -0.05) is 30.3 Å². The normalized spacial score (nSPS) is 13.9. The molecular formula is C20H22N2O4. The Labute approximate surface area is 152 Å². The summed E-state index contributed by atoms with van der Waals surface area (Å²) in [4.78, 5) is 30.2. The molecule has 0 atom stereocenters. The van der Waals surface area contributed by atoms with E-state index < -0.39 is 17.7 Å². The molecule has 1 aliphatic rings. The Morgan fingerprint density at radius 1 is 1.19 bits per heavy atom. The summed E-state index contributed by atoms with van der Waals surface area (Å²) >= 11 is 0. The van der Waals surface area contributed by atoms with Crippen molar-refractivity contribution in [1.82, 2.24) is 9.88 Å². The Hall–Kier alpha value is -2.89. The Kier molecular flexibility index (Phi) is 4.68. The van der Waals surface area contributed by atoms with Gasteiger partial charge in [-0.25, -0.2) is 9.59 Å². The monoisotopic (exact) mass is 354 g/mol. The van der Waals surface area contributed by atoms with Crippen LogP contribution in [0.5, 0.6) is 0 Å². The standard InChI is InChI=1S/C20H22N2O4/c1-20(2,3)26-19(25)22-10-9-16-14(12-22)11-15(18(23)24)17(21-16)13-7-5-4-6-8-13/h4-8,11H,9-10,12H2,1-3H3,(H,23,24). The molecule has 1 aromatic heterocycles. The zero-order valence-corrected chi connectivity index (χ0v) is 15.2. The number of nitrogens with zero attached hydrogens (tertiary/aromatic N) is 2. The summed E-state index contributed by atoms with van der Waals surface area (Å²) in [5.74, 6) is -1.03. The third kappa shape index (κ3) is 3.85. The maximum atomic E-state index is 12.3. The lowest BCUT2D eigenvalue weighted by atomic mass is 9.98. The number of hydrogen-bond acceptors (Lipinski definition) is 4. The van der Waals surface area contributed by atoms with Crippen LogP contribution >= 0.6 is 0 Å². The van der Waals surface area contributed by atoms with Crippen LogP contribution in [0, 0.1) is 0 Å². The van der Waals surface area contributed by atoms with E-state index in [1.54, 1.807) is 11.0 Å². The van der Waals surface area contributed by atoms with Crippen molar-refractivity contribution in [2.75, 3.05) is 6.54 Å². The molecule has 0 unspecified atom stereocenters. The number of benzene rings is 1. The SMILES string of the molecule is CC(C)(C)OC(=O)N1CCc2nc(-c3ccccc3)c(C(=O)O)cc2C1. The van der Waals surface area contributed by atoms with Crippen LogP contribution in [0.15, 0.2) is 36.4 Å². The van der Waals surface area contributed by atoms with E-state index in [-0.39, 0.29) is 5.56 Å². The smallest absolute Gasteiger partial charge is 0.410 e. The number of ether oxygens (including phenoxy) is 1. The fourth-order valence-corrected chi connectivity index (χ4v) is 2.93. The third-order valence-corrected chi connectivity index (χ3v) is 4.10. The van der Waals surface area contributed by atoms with Gasteiger partial charge in [-0.15, -0.1) is 0 Å². The molecule has 3 rings (SSSR count). The first-order chi connectivity index (χ1) is 12.2. The number of aromatic carboxylic acids is 1. The van der Waals surface area contributed by atoms with Gasteiger partial charge >= 0.3 is 12.1 Å². The summed E-state index contributed by atoms with van der Waals surface area (Å²) in [5, 5.41) is 9.61. The van der Waals surface area contributed by atoms with E-state index in [0.717, 1.165) is 16.8 Å². The molecule has 6 heteroatoms. The van der Waals surface area contributed by atoms with Crippen LogP contribution in [0.25, 0.3) is 11.3 Å². The second-order valence-corrected chi connectivity index (χ2v) is 7.31. The van der Waals surface area contributed by atoms with Crippen molar-refractivity contribution in [3.05, 3.63) is 53.2 Å². The number of aromatic nitrogens is 1. The topological polar surface area (TPSA) is 79.7 Å². The molecule has 0 spiro atoms. The maximum absolute atomic E-state index is 12.3. The fraction of sp³-hybridized carbons (Fsp3) is 0.350. The molecule has 26 heavy (non-hydrogen) atoms. The lowest BCUT2D eigenvalue weighted by Gasteiger charge is -2.31. The second kappa shape index (κ2) is 6.78. The molecule has 1 N–H and O–H groups in total. The van der Waals surface area contributed by atoms with Gasteiger partial charge < -0.3 is 14.7 Å². The fourth-order valence-electron chi connectivity index (χ4n) is 2.93. The van der Waals surface area contributed by atoms with Crippen molar-refractivity contribution < 1.29 is 19.4 Å². The van der Waals surface area contributed by atoms with Crippen LogP contribution in [0.1, 0.15) is 42.4 Å². The van der Waals surface area contributed by atoms with Crippen molar-refractivity contribution in [2.45, 2.75) is 39.3 Å². The number of carbonyl (C=O) groups is 2. The molecule has 2 aromatic rings. The van der Waals surface area contributed by atoms with Crippen LogP contribution in [-0.2, 0) is 17.7 Å². The van der Waals surface area contributed by atoms with Crippen molar-refractivity contribution in [2.24, 2.45) is 0 Å². The third-order valence-electron chi connectivity index (χ3n) is 4.10. The van der Waals surface area contributed by atoms with Gasteiger partial charge in [0.2, 0.25) is 0 Å². The lowest BCUT2D eigenvalue weighted by molar-refractivity contribution is 0.0223. The summed E-state index contributed by atoms with van der Waals surface area (Å²) in [6, 6.07) is 10.9. The summed E-state index contributed by atoms with van der Waals surface area (Å²) in [6.45, 7) is 6.25. The molecule has 0 aliphatic carbocycles. The van der Waals surface area contributed by atoms with E-state index in [9.17, 15) is 14.7 Å². The summed E-state index contributed by atoms with van der Waals surface area (Å²) in [5.41, 5.74) is 2.37. The van der Waals surface area contributed by atoms with Gasteiger partial charge in [0.1, 0.15) is 5.60 Å². The van der Waals surface area contributed by atoms with Gasteiger partial charge in [0, 0.05) is 24.2 Å². The van der Waals surface area contributed by atoms with Gasteiger partial charge in [0.15, 0.2) is 0 Å². The number of rotatable bonds is 2. The van der Waals surface area contributed by atoms with Crippen LogP contribution in [0.2, 0.25) is 0 Å². The Bertz CT molecular complexity index is 841. The molecule has 1 amide bonds. The molecule has 0 radical (unpaired) electrons. The first-order valence-corrected chi connectivity index (χ1v) is 8.54. The Balaban J connectivity index is 1.94. The summed E-state index contributed by atoms with van der Waals surface area (Å²) < 4.78 is 5.41. The van der Waals surface area contributed by atoms with Gasteiger partial charge in [0.05, 0.1) is 17.8 Å². The molecule has 1 aliphatic heterocycles. The number of carboxylic acids is 1. The average Bonchev–Trinajstić information content (AvgIpc) is 2.59. The highest BCUT2D eigenvalue weighted by Crippen LogP contribution is 2.28. The van der Waals surface area contributed by atoms with Gasteiger partial charge in [-0.3, -0.25) is 4.98 Å². The molecule has 0 saturated carbocycles. The first-order valence-electron chi connectivity index (χ1n) is 8.54. The van der Waals surface area contributed by atoms with Gasteiger partial charge in [-0.2, -0.15) is 0 Å². The summed E-state index contributed by atoms with van der Waals surface area (Å²) in [6.07, 6.45) is 0.168. The van der Waals surface area contributed by atoms with Crippen molar-refractivity contribution >= 4 is 12.1 Å². The predicted octanol–water partition coefficient (Wildman–Crippen LogP) is 3.74. The number of amides is 1. The molecule has 0 fully saturated rings. The van der Waals surface area contributed by atoms with E-state index in [2.05, 4.69) is 4.98 Å². The maximum Gasteiger partial charge on any atom is 0.410 e. The molecule has 6 nitrogen and oxygen atoms in total. The van der Waals surface area contributed by atoms with Crippen LogP contribution in [0.3, 0.4) is 0 Å². The number of fused-ring (bicyclic) bond motifs is 1. The Morgan fingerprint density at radius 2 is 1.88 bits per heavy atom. The van der Waals surface area contributed by atoms with Gasteiger partial charge in [-0.05, 0) is 32.4 Å². The zero-order chi connectivity index (χ0) is 18.9. The predicted molar refractivity (Wildman–Crippen MR) is 97.0 cm³/mol. The van der Waals surface area contributed by atoms with Crippen molar-refractivity contribution in [1.29, 1.82) is 0 Å². The van der Waals surface area contributed by atoms with Gasteiger partial charge in [0.25, 0.3) is 0 Å². The average molecular weight is 354 g/mol. The minimum atomic E-state index is -1.03. The van der Waals surface area contributed by atoms with E-state index in [1.807, 2.05) is 51.1 Å². The van der Waals surface area contributed by atoms with E-state index in [4.69, 9.17) is 4.74 Å². The summed E-state index contributed by atoms with van der Waals surface area (Å²) in [7, 11) is 0. The van der Waals surface area contributed by atoms with E-state index >= 15 is 0 Å². The van der Waals surface area contributed by atoms with Crippen LogP contribution < -0.4 is 0 Å². The lowest BCUT2D eigenvalue weighted by Crippen LogP contribution is -2.40. The van der Waals surface area contributed by atoms with Crippen LogP contribution in [0.4, 0.5) is 4.79 Å². The number of hydrogen-bond donors (Lipinski definition) is 1. The molecule has 2 heterocycles. The van der Waals surface area contributed by atoms with E-state index in [0.29, 0.717) is 25.2 Å². The minimum absolute atomic E-state index is 0.140. The second-order valence-electron chi connectivity index (χ2n) is 7.31. The minimum Gasteiger partial charge on any atom is -0.478 e. The quantitative estimate of drug-likeness (QED) is 0.889. The van der Waals surface area contributed by atoms with Crippen molar-refractivity contribution in [3.63, 3.8) is 0 Å². The first kappa shape index (κ1) is 17.9. The number of carbonyl (C=O) groups excluding carboxylic acids is 1. The molecular weight excluding hydrogens is 332 g/mol. The van der Waals surface area contributed by atoms with Crippen LogP contribution in [-0.4, -0.2) is 39.2 Å². The molecule has 0 bridgehead atoms. The molecule has 136 valence electrons.